The molecule has 2 aliphatic rings. The van der Waals surface area contributed by atoms with E-state index in [9.17, 15) is 14.4 Å². The number of amides is 4. The number of nitriles is 1. The van der Waals surface area contributed by atoms with Crippen LogP contribution in [0.2, 0.25) is 0 Å². The van der Waals surface area contributed by atoms with E-state index < -0.39 is 17.5 Å². The first-order chi connectivity index (χ1) is 12.6. The molecule has 136 valence electrons. The molecule has 7 nitrogen and oxygen atoms in total. The molecule has 1 aliphatic carbocycles. The van der Waals surface area contributed by atoms with Crippen LogP contribution in [0.25, 0.3) is 0 Å². The van der Waals surface area contributed by atoms with E-state index in [4.69, 9.17) is 5.26 Å². The fourth-order valence-electron chi connectivity index (χ4n) is 3.45. The fourth-order valence-corrected chi connectivity index (χ4v) is 4.12. The Kier molecular flexibility index (Phi) is 5.47. The quantitative estimate of drug-likeness (QED) is 0.611. The Hall–Kier alpha value is -2.53. The highest BCUT2D eigenvalue weighted by atomic mass is 32.2. The van der Waals surface area contributed by atoms with E-state index in [0.717, 1.165) is 29.1 Å². The van der Waals surface area contributed by atoms with Crippen LogP contribution in [0.4, 0.5) is 10.5 Å². The summed E-state index contributed by atoms with van der Waals surface area (Å²) in [5, 5.41) is 14.3. The molecule has 2 fully saturated rings. The van der Waals surface area contributed by atoms with Crippen LogP contribution >= 0.6 is 11.8 Å². The molecule has 4 amide bonds. The highest BCUT2D eigenvalue weighted by molar-refractivity contribution is 7.99. The van der Waals surface area contributed by atoms with Crippen LogP contribution in [0.15, 0.2) is 29.2 Å². The van der Waals surface area contributed by atoms with Crippen molar-refractivity contribution in [3.8, 4) is 6.07 Å². The van der Waals surface area contributed by atoms with Crippen molar-refractivity contribution in [1.82, 2.24) is 10.2 Å². The number of para-hydroxylation sites is 1. The lowest BCUT2D eigenvalue weighted by molar-refractivity contribution is -0.134. The molecule has 2 N–H and O–H groups in total. The Morgan fingerprint density at radius 2 is 2.00 bits per heavy atom. The second-order valence-corrected chi connectivity index (χ2v) is 7.47. The molecule has 1 saturated carbocycles. The zero-order valence-corrected chi connectivity index (χ0v) is 15.1. The molecule has 1 aromatic carbocycles. The highest BCUT2D eigenvalue weighted by Crippen LogP contribution is 2.33. The number of urea groups is 1. The zero-order valence-electron chi connectivity index (χ0n) is 14.3. The first-order valence-electron chi connectivity index (χ1n) is 8.58. The summed E-state index contributed by atoms with van der Waals surface area (Å²) in [5.74, 6) is -0.474. The lowest BCUT2D eigenvalue weighted by atomic mass is 9.82. The predicted molar refractivity (Wildman–Crippen MR) is 97.5 cm³/mol. The van der Waals surface area contributed by atoms with Crippen LogP contribution in [0.1, 0.15) is 32.1 Å². The Bertz CT molecular complexity index is 768. The van der Waals surface area contributed by atoms with Gasteiger partial charge >= 0.3 is 6.03 Å². The van der Waals surface area contributed by atoms with Crippen molar-refractivity contribution in [2.24, 2.45) is 0 Å². The second kappa shape index (κ2) is 7.79. The number of hydrogen-bond donors (Lipinski definition) is 2. The van der Waals surface area contributed by atoms with Gasteiger partial charge in [-0.15, -0.1) is 11.8 Å². The highest BCUT2D eigenvalue weighted by Gasteiger charge is 2.51. The topological polar surface area (TPSA) is 102 Å². The molecule has 0 radical (unpaired) electrons. The number of carbonyl (C=O) groups excluding carboxylic acids is 3. The molecule has 0 aromatic heterocycles. The van der Waals surface area contributed by atoms with Crippen LogP contribution in [-0.2, 0) is 9.59 Å². The van der Waals surface area contributed by atoms with Crippen LogP contribution in [0, 0.1) is 11.3 Å². The van der Waals surface area contributed by atoms with E-state index in [1.165, 1.54) is 11.8 Å². The maximum atomic E-state index is 12.7. The average molecular weight is 372 g/mol. The van der Waals surface area contributed by atoms with Gasteiger partial charge < -0.3 is 10.6 Å². The SMILES string of the molecule is N#CCSc1ccccc1NC(=O)CN1C(=O)NC2(CCCCC2)C1=O. The van der Waals surface area contributed by atoms with Crippen molar-refractivity contribution in [1.29, 1.82) is 5.26 Å². The number of anilines is 1. The minimum Gasteiger partial charge on any atom is -0.324 e. The largest absolute Gasteiger partial charge is 0.325 e. The molecule has 26 heavy (non-hydrogen) atoms. The number of imide groups is 1. The number of thioether (sulfide) groups is 1. The molecular formula is C18H20N4O3S. The van der Waals surface area contributed by atoms with Gasteiger partial charge in [0, 0.05) is 4.90 Å². The van der Waals surface area contributed by atoms with Gasteiger partial charge in [0.1, 0.15) is 12.1 Å². The molecule has 1 heterocycles. The summed E-state index contributed by atoms with van der Waals surface area (Å²) < 4.78 is 0. The van der Waals surface area contributed by atoms with E-state index in [2.05, 4.69) is 10.6 Å². The number of nitrogens with one attached hydrogen (secondary N) is 2. The second-order valence-electron chi connectivity index (χ2n) is 6.46. The summed E-state index contributed by atoms with van der Waals surface area (Å²) in [6.07, 6.45) is 4.11. The summed E-state index contributed by atoms with van der Waals surface area (Å²) in [6, 6.07) is 8.67. The van der Waals surface area contributed by atoms with Crippen molar-refractivity contribution in [3.05, 3.63) is 24.3 Å². The molecule has 3 rings (SSSR count). The maximum absolute atomic E-state index is 12.7. The van der Waals surface area contributed by atoms with Crippen molar-refractivity contribution < 1.29 is 14.4 Å². The molecule has 8 heteroatoms. The number of carbonyl (C=O) groups is 3. The lowest BCUT2D eigenvalue weighted by Crippen LogP contribution is -2.48. The van der Waals surface area contributed by atoms with Gasteiger partial charge in [-0.3, -0.25) is 14.5 Å². The number of nitrogens with zero attached hydrogens (tertiary/aromatic N) is 2. The summed E-state index contributed by atoms with van der Waals surface area (Å²) in [4.78, 5) is 39.1. The molecule has 0 bridgehead atoms. The molecule has 1 aromatic rings. The van der Waals surface area contributed by atoms with Gasteiger partial charge in [-0.1, -0.05) is 31.4 Å². The zero-order chi connectivity index (χ0) is 18.6. The van der Waals surface area contributed by atoms with E-state index in [0.29, 0.717) is 18.5 Å². The van der Waals surface area contributed by atoms with E-state index >= 15 is 0 Å². The number of benzene rings is 1. The van der Waals surface area contributed by atoms with Crippen molar-refractivity contribution in [2.45, 2.75) is 42.5 Å². The first kappa shape index (κ1) is 18.3. The van der Waals surface area contributed by atoms with Crippen molar-refractivity contribution in [2.75, 3.05) is 17.6 Å². The molecular weight excluding hydrogens is 352 g/mol. The summed E-state index contributed by atoms with van der Waals surface area (Å²) >= 11 is 1.31. The Balaban J connectivity index is 1.66. The Morgan fingerprint density at radius 1 is 1.27 bits per heavy atom. The van der Waals surface area contributed by atoms with Gasteiger partial charge in [-0.05, 0) is 25.0 Å². The Labute approximate surface area is 156 Å². The van der Waals surface area contributed by atoms with Gasteiger partial charge in [0.15, 0.2) is 0 Å². The maximum Gasteiger partial charge on any atom is 0.325 e. The third-order valence-electron chi connectivity index (χ3n) is 4.71. The predicted octanol–water partition coefficient (Wildman–Crippen LogP) is 2.50. The van der Waals surface area contributed by atoms with Crippen molar-refractivity contribution >= 4 is 35.3 Å². The molecule has 1 aliphatic heterocycles. The van der Waals surface area contributed by atoms with Crippen LogP contribution in [0.5, 0.6) is 0 Å². The number of rotatable bonds is 5. The van der Waals surface area contributed by atoms with Gasteiger partial charge in [-0.25, -0.2) is 4.79 Å². The third-order valence-corrected chi connectivity index (χ3v) is 5.65. The molecule has 0 unspecified atom stereocenters. The standard InChI is InChI=1S/C18H20N4O3S/c19-10-11-26-14-7-3-2-6-13(14)20-15(23)12-22-16(24)18(21-17(22)25)8-4-1-5-9-18/h2-3,6-7H,1,4-5,8-9,11-12H2,(H,20,23)(H,21,25). The molecule has 0 atom stereocenters. The first-order valence-corrected chi connectivity index (χ1v) is 9.57. The fraction of sp³-hybridized carbons (Fsp3) is 0.444. The minimum atomic E-state index is -0.823. The van der Waals surface area contributed by atoms with Gasteiger partial charge in [0.05, 0.1) is 17.5 Å². The Morgan fingerprint density at radius 3 is 2.73 bits per heavy atom. The van der Waals surface area contributed by atoms with Crippen LogP contribution < -0.4 is 10.6 Å². The summed E-state index contributed by atoms with van der Waals surface area (Å²) in [6.45, 7) is -0.316. The van der Waals surface area contributed by atoms with Gasteiger partial charge in [0.2, 0.25) is 5.91 Å². The van der Waals surface area contributed by atoms with Gasteiger partial charge in [-0.2, -0.15) is 5.26 Å². The van der Waals surface area contributed by atoms with E-state index in [-0.39, 0.29) is 18.2 Å². The van der Waals surface area contributed by atoms with E-state index in [1.807, 2.05) is 18.2 Å². The summed E-state index contributed by atoms with van der Waals surface area (Å²) in [7, 11) is 0. The van der Waals surface area contributed by atoms with Crippen LogP contribution in [-0.4, -0.2) is 40.6 Å². The van der Waals surface area contributed by atoms with Crippen molar-refractivity contribution in [3.63, 3.8) is 0 Å². The smallest absolute Gasteiger partial charge is 0.324 e. The lowest BCUT2D eigenvalue weighted by Gasteiger charge is -2.30. The average Bonchev–Trinajstić information content (AvgIpc) is 2.85. The molecule has 1 spiro atoms. The summed E-state index contributed by atoms with van der Waals surface area (Å²) in [5.41, 5.74) is -0.256. The van der Waals surface area contributed by atoms with E-state index in [1.54, 1.807) is 12.1 Å². The third kappa shape index (κ3) is 3.68. The molecule has 1 saturated heterocycles. The normalized spacial score (nSPS) is 18.5. The monoisotopic (exact) mass is 372 g/mol. The number of hydrogen-bond acceptors (Lipinski definition) is 5. The van der Waals surface area contributed by atoms with Crippen LogP contribution in [0.3, 0.4) is 0 Å². The minimum absolute atomic E-state index is 0.266. The van der Waals surface area contributed by atoms with Gasteiger partial charge in [0.25, 0.3) is 5.91 Å².